The average molecular weight is 439 g/mol. The zero-order valence-electron chi connectivity index (χ0n) is 14.1. The van der Waals surface area contributed by atoms with E-state index >= 15 is 0 Å². The number of anilines is 2. The summed E-state index contributed by atoms with van der Waals surface area (Å²) < 4.78 is 81.5. The predicted octanol–water partition coefficient (Wildman–Crippen LogP) is 4.96. The molecule has 2 N–H and O–H groups in total. The first kappa shape index (κ1) is 22.2. The summed E-state index contributed by atoms with van der Waals surface area (Å²) in [6.07, 6.45) is -3.99. The fourth-order valence-electron chi connectivity index (χ4n) is 1.96. The van der Waals surface area contributed by atoms with Crippen molar-refractivity contribution in [2.45, 2.75) is 12.3 Å². The van der Waals surface area contributed by atoms with Crippen molar-refractivity contribution in [1.29, 1.82) is 0 Å². The summed E-state index contributed by atoms with van der Waals surface area (Å²) in [4.78, 5) is 10.1. The molecular formula is C16H11F6N3O3S. The van der Waals surface area contributed by atoms with E-state index in [2.05, 4.69) is 15.4 Å². The molecule has 0 bridgehead atoms. The van der Waals surface area contributed by atoms with Gasteiger partial charge in [-0.15, -0.1) is 0 Å². The van der Waals surface area contributed by atoms with Crippen molar-refractivity contribution >= 4 is 34.4 Å². The molecule has 13 heteroatoms. The van der Waals surface area contributed by atoms with Crippen LogP contribution in [-0.4, -0.2) is 29.0 Å². The molecule has 0 spiro atoms. The first-order valence-corrected chi connectivity index (χ1v) is 8.00. The Morgan fingerprint density at radius 3 is 2.45 bits per heavy atom. The highest BCUT2D eigenvalue weighted by Gasteiger charge is 2.41. The van der Waals surface area contributed by atoms with Crippen LogP contribution in [-0.2, 0) is 0 Å². The molecule has 0 fully saturated rings. The predicted molar refractivity (Wildman–Crippen MR) is 95.7 cm³/mol. The van der Waals surface area contributed by atoms with Gasteiger partial charge in [0.15, 0.2) is 11.7 Å². The minimum atomic E-state index is -4.46. The molecule has 0 atom stereocenters. The molecule has 0 heterocycles. The quantitative estimate of drug-likeness (QED) is 0.275. The van der Waals surface area contributed by atoms with Gasteiger partial charge in [0.1, 0.15) is 17.4 Å². The van der Waals surface area contributed by atoms with Crippen LogP contribution in [0.1, 0.15) is 0 Å². The summed E-state index contributed by atoms with van der Waals surface area (Å²) >= 11 is 4.91. The zero-order valence-corrected chi connectivity index (χ0v) is 14.9. The normalized spacial score (nSPS) is 11.3. The highest BCUT2D eigenvalue weighted by Crippen LogP contribution is 2.29. The SMILES string of the molecule is O=[N+]([O-])c1cc(NC(=S)Nc2ccc(F)cc2F)cc(OCC(F)(F)C(F)F)c1. The second kappa shape index (κ2) is 8.94. The van der Waals surface area contributed by atoms with Gasteiger partial charge in [0.25, 0.3) is 5.69 Å². The maximum Gasteiger partial charge on any atom is 0.340 e. The molecule has 0 saturated heterocycles. The summed E-state index contributed by atoms with van der Waals surface area (Å²) in [6.45, 7) is -1.71. The van der Waals surface area contributed by atoms with Crippen molar-refractivity contribution in [2.75, 3.05) is 17.2 Å². The van der Waals surface area contributed by atoms with Crippen LogP contribution in [0.4, 0.5) is 43.4 Å². The molecule has 156 valence electrons. The Labute approximate surface area is 164 Å². The van der Waals surface area contributed by atoms with E-state index < -0.39 is 46.9 Å². The molecular weight excluding hydrogens is 428 g/mol. The number of rotatable bonds is 7. The largest absolute Gasteiger partial charge is 0.487 e. The average Bonchev–Trinajstić information content (AvgIpc) is 2.62. The van der Waals surface area contributed by atoms with Crippen molar-refractivity contribution in [3.8, 4) is 5.75 Å². The second-order valence-corrected chi connectivity index (χ2v) is 5.93. The Kier molecular flexibility index (Phi) is 6.84. The van der Waals surface area contributed by atoms with E-state index in [0.29, 0.717) is 6.07 Å². The lowest BCUT2D eigenvalue weighted by atomic mass is 10.2. The number of hydrogen-bond donors (Lipinski definition) is 2. The van der Waals surface area contributed by atoms with E-state index in [4.69, 9.17) is 12.2 Å². The van der Waals surface area contributed by atoms with Gasteiger partial charge in [0.2, 0.25) is 0 Å². The fraction of sp³-hybridized carbons (Fsp3) is 0.188. The van der Waals surface area contributed by atoms with Crippen LogP contribution in [0.15, 0.2) is 36.4 Å². The van der Waals surface area contributed by atoms with Crippen molar-refractivity contribution < 1.29 is 36.0 Å². The molecule has 0 aromatic heterocycles. The highest BCUT2D eigenvalue weighted by molar-refractivity contribution is 7.80. The van der Waals surface area contributed by atoms with Crippen LogP contribution in [0.3, 0.4) is 0 Å². The maximum absolute atomic E-state index is 13.6. The molecule has 6 nitrogen and oxygen atoms in total. The van der Waals surface area contributed by atoms with Gasteiger partial charge in [0, 0.05) is 18.2 Å². The number of thiocarbonyl (C=S) groups is 1. The van der Waals surface area contributed by atoms with E-state index in [1.165, 1.54) is 0 Å². The maximum atomic E-state index is 13.6. The summed E-state index contributed by atoms with van der Waals surface area (Å²) in [7, 11) is 0. The fourth-order valence-corrected chi connectivity index (χ4v) is 2.19. The van der Waals surface area contributed by atoms with E-state index in [1.54, 1.807) is 0 Å². The minimum Gasteiger partial charge on any atom is -0.487 e. The Morgan fingerprint density at radius 2 is 1.86 bits per heavy atom. The number of hydrogen-bond acceptors (Lipinski definition) is 4. The van der Waals surface area contributed by atoms with Crippen molar-refractivity contribution in [3.05, 3.63) is 58.1 Å². The lowest BCUT2D eigenvalue weighted by Crippen LogP contribution is -2.33. The first-order chi connectivity index (χ1) is 13.5. The zero-order chi connectivity index (χ0) is 21.8. The van der Waals surface area contributed by atoms with E-state index in [1.807, 2.05) is 0 Å². The molecule has 2 aromatic carbocycles. The van der Waals surface area contributed by atoms with E-state index in [9.17, 15) is 36.5 Å². The third-order valence-corrected chi connectivity index (χ3v) is 3.49. The van der Waals surface area contributed by atoms with Gasteiger partial charge in [-0.05, 0) is 24.4 Å². The molecule has 29 heavy (non-hydrogen) atoms. The Hall–Kier alpha value is -3.09. The van der Waals surface area contributed by atoms with Gasteiger partial charge in [-0.25, -0.2) is 17.6 Å². The molecule has 0 aliphatic rings. The number of nitro benzene ring substituents is 1. The van der Waals surface area contributed by atoms with Crippen LogP contribution in [0, 0.1) is 21.7 Å². The highest BCUT2D eigenvalue weighted by atomic mass is 32.1. The third-order valence-electron chi connectivity index (χ3n) is 3.29. The van der Waals surface area contributed by atoms with Crippen LogP contribution in [0.25, 0.3) is 0 Å². The van der Waals surface area contributed by atoms with Crippen LogP contribution < -0.4 is 15.4 Å². The third kappa shape index (κ3) is 6.20. The number of alkyl halides is 4. The van der Waals surface area contributed by atoms with Gasteiger partial charge in [0.05, 0.1) is 22.4 Å². The van der Waals surface area contributed by atoms with Gasteiger partial charge >= 0.3 is 12.3 Å². The van der Waals surface area contributed by atoms with E-state index in [0.717, 1.165) is 30.3 Å². The molecule has 0 unspecified atom stereocenters. The summed E-state index contributed by atoms with van der Waals surface area (Å²) in [5, 5.41) is 15.5. The Balaban J connectivity index is 2.17. The summed E-state index contributed by atoms with van der Waals surface area (Å²) in [6, 6.07) is 5.29. The van der Waals surface area contributed by atoms with Gasteiger partial charge in [-0.2, -0.15) is 8.78 Å². The van der Waals surface area contributed by atoms with Gasteiger partial charge in [-0.3, -0.25) is 10.1 Å². The number of nitrogens with one attached hydrogen (secondary N) is 2. The molecule has 0 aliphatic heterocycles. The number of benzene rings is 2. The van der Waals surface area contributed by atoms with E-state index in [-0.39, 0.29) is 16.5 Å². The standard InChI is InChI=1S/C16H11F6N3O3S/c17-8-1-2-13(12(18)3-8)24-15(29)23-9-4-10(25(26)27)6-11(5-9)28-7-16(21,22)14(19)20/h1-6,14H,7H2,(H2,23,24,29). The number of ether oxygens (including phenoxy) is 1. The smallest absolute Gasteiger partial charge is 0.340 e. The molecule has 0 amide bonds. The lowest BCUT2D eigenvalue weighted by Gasteiger charge is -2.17. The number of nitrogens with zero attached hydrogens (tertiary/aromatic N) is 1. The Morgan fingerprint density at radius 1 is 1.17 bits per heavy atom. The van der Waals surface area contributed by atoms with Crippen molar-refractivity contribution in [2.24, 2.45) is 0 Å². The van der Waals surface area contributed by atoms with Crippen LogP contribution >= 0.6 is 12.2 Å². The molecule has 2 aromatic rings. The molecule has 0 radical (unpaired) electrons. The number of halogens is 6. The topological polar surface area (TPSA) is 76.4 Å². The lowest BCUT2D eigenvalue weighted by molar-refractivity contribution is -0.384. The summed E-state index contributed by atoms with van der Waals surface area (Å²) in [5.41, 5.74) is -0.946. The molecule has 0 saturated carbocycles. The summed E-state index contributed by atoms with van der Waals surface area (Å²) in [5.74, 6) is -6.76. The second-order valence-electron chi connectivity index (χ2n) is 5.53. The van der Waals surface area contributed by atoms with Gasteiger partial charge < -0.3 is 15.4 Å². The molecule has 2 rings (SSSR count). The first-order valence-electron chi connectivity index (χ1n) is 7.59. The molecule has 0 aliphatic carbocycles. The van der Waals surface area contributed by atoms with Gasteiger partial charge in [-0.1, -0.05) is 0 Å². The Bertz CT molecular complexity index is 929. The monoisotopic (exact) mass is 439 g/mol. The van der Waals surface area contributed by atoms with Crippen molar-refractivity contribution in [3.63, 3.8) is 0 Å². The number of nitro groups is 1. The van der Waals surface area contributed by atoms with Crippen LogP contribution in [0.2, 0.25) is 0 Å². The van der Waals surface area contributed by atoms with Crippen molar-refractivity contribution in [1.82, 2.24) is 0 Å². The number of non-ortho nitro benzene ring substituents is 1. The minimum absolute atomic E-state index is 0.130. The van der Waals surface area contributed by atoms with Crippen LogP contribution in [0.5, 0.6) is 5.75 Å².